The van der Waals surface area contributed by atoms with Crippen LogP contribution in [0.3, 0.4) is 0 Å². The Balaban J connectivity index is 0. The highest BCUT2D eigenvalue weighted by atomic mass is 16.5. The van der Waals surface area contributed by atoms with Crippen LogP contribution in [-0.4, -0.2) is 24.6 Å². The molecular weight excluding hydrogens is 809 g/mol. The third-order valence-electron chi connectivity index (χ3n) is 14.0. The molecule has 0 spiro atoms. The molecule has 0 aliphatic heterocycles. The monoisotopic (exact) mass is 933 g/mol. The molecule has 1 atom stereocenters. The van der Waals surface area contributed by atoms with Gasteiger partial charge in [0.15, 0.2) is 0 Å². The van der Waals surface area contributed by atoms with Crippen molar-refractivity contribution >= 4 is 11.9 Å². The fraction of sp³-hybridized carbons (Fsp3) is 0.968. The molecule has 1 unspecified atom stereocenters. The molecule has 0 saturated heterocycles. The Labute approximate surface area is 417 Å². The first kappa shape index (κ1) is 67.0. The Morgan fingerprint density at radius 2 is 0.470 bits per heavy atom. The molecule has 0 rings (SSSR count). The second-order valence-corrected chi connectivity index (χ2v) is 21.0. The minimum atomic E-state index is 0.0222. The summed E-state index contributed by atoms with van der Waals surface area (Å²) in [5.74, 6) is 0.0897. The molecule has 0 aliphatic carbocycles. The minimum absolute atomic E-state index is 0.0222. The van der Waals surface area contributed by atoms with Gasteiger partial charge in [-0.15, -0.1) is 0 Å². The quantitative estimate of drug-likeness (QED) is 0.0450. The molecule has 0 aromatic carbocycles. The Kier molecular flexibility index (Phi) is 62.9. The third kappa shape index (κ3) is 61.0. The molecule has 0 amide bonds. The van der Waals surface area contributed by atoms with Crippen LogP contribution in [-0.2, 0) is 19.1 Å². The zero-order valence-electron chi connectivity index (χ0n) is 46.4. The lowest BCUT2D eigenvalue weighted by molar-refractivity contribution is -0.150. The van der Waals surface area contributed by atoms with Crippen LogP contribution in [0.4, 0.5) is 0 Å². The predicted octanol–water partition coefficient (Wildman–Crippen LogP) is 22.2. The number of ether oxygens (including phenoxy) is 2. The molecule has 0 radical (unpaired) electrons. The first-order valence-electron chi connectivity index (χ1n) is 30.9. The summed E-state index contributed by atoms with van der Waals surface area (Å²) >= 11 is 0. The second kappa shape index (κ2) is 62.0. The molecule has 0 bridgehead atoms. The lowest BCUT2D eigenvalue weighted by Gasteiger charge is -2.18. The van der Waals surface area contributed by atoms with E-state index in [4.69, 9.17) is 9.47 Å². The summed E-state index contributed by atoms with van der Waals surface area (Å²) in [6.07, 6.45) is 68.9. The van der Waals surface area contributed by atoms with Crippen molar-refractivity contribution in [2.24, 2.45) is 0 Å². The number of hydrogen-bond donors (Lipinski definition) is 0. The zero-order chi connectivity index (χ0) is 48.3. The van der Waals surface area contributed by atoms with E-state index >= 15 is 0 Å². The number of rotatable bonds is 55. The highest BCUT2D eigenvalue weighted by molar-refractivity contribution is 5.69. The second-order valence-electron chi connectivity index (χ2n) is 21.0. The van der Waals surface area contributed by atoms with Gasteiger partial charge in [0.05, 0.1) is 6.61 Å². The summed E-state index contributed by atoms with van der Waals surface area (Å²) in [6.45, 7) is 12.0. The maximum atomic E-state index is 12.5. The molecule has 0 aromatic rings. The Hall–Kier alpha value is -1.06. The van der Waals surface area contributed by atoms with E-state index < -0.39 is 0 Å². The zero-order valence-corrected chi connectivity index (χ0v) is 46.4. The number of carbonyl (C=O) groups is 2. The van der Waals surface area contributed by atoms with Crippen molar-refractivity contribution in [3.05, 3.63) is 0 Å². The first-order valence-corrected chi connectivity index (χ1v) is 30.9. The fourth-order valence-electron chi connectivity index (χ4n) is 9.41. The van der Waals surface area contributed by atoms with Gasteiger partial charge >= 0.3 is 11.9 Å². The topological polar surface area (TPSA) is 52.6 Å². The van der Waals surface area contributed by atoms with Crippen molar-refractivity contribution < 1.29 is 19.1 Å². The SMILES string of the molecule is CCCCCCCCCCCCCC(=O)OC(CCCCCCCC)CCCCCCCCCCC.CCCCCCCCCCCCCCOC(=O)CCCCCCCCCCCCC. The van der Waals surface area contributed by atoms with Crippen molar-refractivity contribution in [1.82, 2.24) is 0 Å². The molecule has 66 heavy (non-hydrogen) atoms. The van der Waals surface area contributed by atoms with Crippen LogP contribution in [0, 0.1) is 0 Å². The van der Waals surface area contributed by atoms with Crippen molar-refractivity contribution in [3.63, 3.8) is 0 Å². The van der Waals surface area contributed by atoms with Gasteiger partial charge in [-0.2, -0.15) is 0 Å². The van der Waals surface area contributed by atoms with E-state index in [2.05, 4.69) is 34.6 Å². The Bertz CT molecular complexity index is 887. The lowest BCUT2D eigenvalue weighted by atomic mass is 10.0. The van der Waals surface area contributed by atoms with Gasteiger partial charge in [0.25, 0.3) is 0 Å². The fourth-order valence-corrected chi connectivity index (χ4v) is 9.41. The van der Waals surface area contributed by atoms with E-state index in [0.29, 0.717) is 19.4 Å². The first-order chi connectivity index (χ1) is 32.5. The maximum Gasteiger partial charge on any atom is 0.306 e. The van der Waals surface area contributed by atoms with Crippen LogP contribution in [0.15, 0.2) is 0 Å². The van der Waals surface area contributed by atoms with E-state index in [1.54, 1.807) is 0 Å². The summed E-state index contributed by atoms with van der Waals surface area (Å²) in [7, 11) is 0. The van der Waals surface area contributed by atoms with Crippen molar-refractivity contribution in [1.29, 1.82) is 0 Å². The molecule has 0 saturated carbocycles. The van der Waals surface area contributed by atoms with Crippen LogP contribution >= 0.6 is 0 Å². The van der Waals surface area contributed by atoms with Gasteiger partial charge in [-0.1, -0.05) is 317 Å². The molecule has 0 N–H and O–H groups in total. The highest BCUT2D eigenvalue weighted by Gasteiger charge is 2.14. The smallest absolute Gasteiger partial charge is 0.306 e. The van der Waals surface area contributed by atoms with Crippen LogP contribution in [0.25, 0.3) is 0 Å². The lowest BCUT2D eigenvalue weighted by Crippen LogP contribution is -2.18. The highest BCUT2D eigenvalue weighted by Crippen LogP contribution is 2.20. The Morgan fingerprint density at radius 3 is 0.742 bits per heavy atom. The van der Waals surface area contributed by atoms with Gasteiger partial charge in [-0.05, 0) is 44.9 Å². The van der Waals surface area contributed by atoms with E-state index in [-0.39, 0.29) is 18.0 Å². The summed E-state index contributed by atoms with van der Waals surface area (Å²) < 4.78 is 11.4. The third-order valence-corrected chi connectivity index (χ3v) is 14.0. The van der Waals surface area contributed by atoms with Crippen LogP contribution < -0.4 is 0 Å². The number of carbonyl (C=O) groups excluding carboxylic acids is 2. The normalized spacial score (nSPS) is 11.7. The van der Waals surface area contributed by atoms with Gasteiger partial charge in [0, 0.05) is 12.8 Å². The van der Waals surface area contributed by atoms with Gasteiger partial charge < -0.3 is 9.47 Å². The van der Waals surface area contributed by atoms with Gasteiger partial charge in [-0.25, -0.2) is 0 Å². The van der Waals surface area contributed by atoms with Crippen LogP contribution in [0.5, 0.6) is 0 Å². The van der Waals surface area contributed by atoms with E-state index in [0.717, 1.165) is 32.1 Å². The average Bonchev–Trinajstić information content (AvgIpc) is 3.32. The number of esters is 2. The van der Waals surface area contributed by atoms with E-state index in [9.17, 15) is 9.59 Å². The van der Waals surface area contributed by atoms with Gasteiger partial charge in [0.2, 0.25) is 0 Å². The average molecular weight is 934 g/mol. The standard InChI is InChI=1S/C34H68O2.C28H56O2/c1-4-7-10-13-16-18-19-21-23-26-29-32-34(35)36-33(30-27-24-15-12-9-6-3)31-28-25-22-20-17-14-11-8-5-2;1-3-5-7-9-11-13-15-17-19-21-23-25-27-30-28(29)26-24-22-20-18-16-14-12-10-8-6-4-2/h33H,4-32H2,1-3H3;3-27H2,1-2H3. The number of hydrogen-bond acceptors (Lipinski definition) is 4. The minimum Gasteiger partial charge on any atom is -0.466 e. The molecule has 396 valence electrons. The largest absolute Gasteiger partial charge is 0.466 e. The van der Waals surface area contributed by atoms with Crippen molar-refractivity contribution in [2.75, 3.05) is 6.61 Å². The van der Waals surface area contributed by atoms with E-state index in [1.807, 2.05) is 0 Å². The molecule has 4 nitrogen and oxygen atoms in total. The molecule has 0 aliphatic rings. The van der Waals surface area contributed by atoms with Gasteiger partial charge in [-0.3, -0.25) is 9.59 Å². The van der Waals surface area contributed by atoms with E-state index in [1.165, 1.54) is 295 Å². The molecular formula is C62H124O4. The van der Waals surface area contributed by atoms with Crippen molar-refractivity contribution in [3.8, 4) is 0 Å². The van der Waals surface area contributed by atoms with Gasteiger partial charge in [0.1, 0.15) is 6.10 Å². The molecule has 0 fully saturated rings. The summed E-state index contributed by atoms with van der Waals surface area (Å²) in [5, 5.41) is 0. The van der Waals surface area contributed by atoms with Crippen molar-refractivity contribution in [2.45, 2.75) is 381 Å². The summed E-state index contributed by atoms with van der Waals surface area (Å²) in [5.41, 5.74) is 0. The number of unbranched alkanes of at least 4 members (excludes halogenated alkanes) is 44. The molecule has 0 heterocycles. The summed E-state index contributed by atoms with van der Waals surface area (Å²) in [4.78, 5) is 24.3. The molecule has 0 aromatic heterocycles. The maximum absolute atomic E-state index is 12.5. The van der Waals surface area contributed by atoms with Crippen LogP contribution in [0.2, 0.25) is 0 Å². The van der Waals surface area contributed by atoms with Crippen LogP contribution in [0.1, 0.15) is 375 Å². The molecule has 4 heteroatoms. The summed E-state index contributed by atoms with van der Waals surface area (Å²) in [6, 6.07) is 0. The predicted molar refractivity (Wildman–Crippen MR) is 294 cm³/mol. The Morgan fingerprint density at radius 1 is 0.258 bits per heavy atom.